The largest absolute Gasteiger partial charge is 0.123 e. The second kappa shape index (κ2) is 0.558. The van der Waals surface area contributed by atoms with Crippen LogP contribution in [0.5, 0.6) is 0 Å². The molecule has 0 N–H and O–H groups in total. The van der Waals surface area contributed by atoms with Crippen LogP contribution in [0.4, 0.5) is 0 Å². The van der Waals surface area contributed by atoms with Gasteiger partial charge in [0.05, 0.1) is 0 Å². The third-order valence-corrected chi connectivity index (χ3v) is 1.000. The summed E-state index contributed by atoms with van der Waals surface area (Å²) >= 11 is 0. The number of rotatable bonds is 0. The first-order chi connectivity index (χ1) is 1.89. The van der Waals surface area contributed by atoms with Gasteiger partial charge >= 0.3 is 0 Å². The molecule has 0 atom stereocenters. The molecule has 0 nitrogen and oxygen atoms in total. The maximum atomic E-state index is 3.34. The molecule has 1 fully saturated rings. The van der Waals surface area contributed by atoms with Crippen molar-refractivity contribution in [1.82, 2.24) is 0 Å². The summed E-state index contributed by atoms with van der Waals surface area (Å²) in [6, 6.07) is 0. The van der Waals surface area contributed by atoms with Gasteiger partial charge in [-0.15, -0.1) is 8.86 Å². The Morgan fingerprint density at radius 1 is 1.50 bits per heavy atom. The standard InChI is InChI=1S/C3H5P/c4-3-1-2-3/h4H,1-2H2. The van der Waals surface area contributed by atoms with Crippen LogP contribution in [0, 0.1) is 0 Å². The third-order valence-electron chi connectivity index (χ3n) is 0.500. The molecule has 0 aromatic heterocycles. The van der Waals surface area contributed by atoms with Crippen molar-refractivity contribution in [2.24, 2.45) is 0 Å². The van der Waals surface area contributed by atoms with Crippen LogP contribution in [0.15, 0.2) is 0 Å². The summed E-state index contributed by atoms with van der Waals surface area (Å²) in [5.41, 5.74) is 0. The molecular formula is C3H5P. The minimum Gasteiger partial charge on any atom is -0.123 e. The third kappa shape index (κ3) is 0.296. The minimum atomic E-state index is 1.32. The maximum absolute atomic E-state index is 3.34. The van der Waals surface area contributed by atoms with E-state index < -0.39 is 0 Å². The van der Waals surface area contributed by atoms with E-state index in [4.69, 9.17) is 0 Å². The molecule has 1 saturated carbocycles. The van der Waals surface area contributed by atoms with E-state index in [0.29, 0.717) is 0 Å². The predicted octanol–water partition coefficient (Wildman–Crippen LogP) is 1.10. The molecule has 0 amide bonds. The van der Waals surface area contributed by atoms with E-state index in [1.807, 2.05) is 0 Å². The first kappa shape index (κ1) is 2.41. The van der Waals surface area contributed by atoms with Crippen LogP contribution >= 0.6 is 8.86 Å². The Hall–Kier alpha value is 0.170. The van der Waals surface area contributed by atoms with Crippen LogP contribution in [0.2, 0.25) is 0 Å². The highest BCUT2D eigenvalue weighted by molar-refractivity contribution is 7.22. The fourth-order valence-electron chi connectivity index (χ4n) is 0.0625. The first-order valence-corrected chi connectivity index (χ1v) is 1.96. The highest BCUT2D eigenvalue weighted by Gasteiger charge is 2.05. The Labute approximate surface area is 28.1 Å². The van der Waals surface area contributed by atoms with Crippen molar-refractivity contribution in [2.75, 3.05) is 0 Å². The fraction of sp³-hybridized carbons (Fsp3) is 0.667. The lowest BCUT2D eigenvalue weighted by atomic mass is 11.0. The van der Waals surface area contributed by atoms with E-state index in [1.165, 1.54) is 18.1 Å². The minimum absolute atomic E-state index is 1.32. The molecule has 0 spiro atoms. The molecule has 0 aliphatic heterocycles. The highest BCUT2D eigenvalue weighted by Crippen LogP contribution is 2.13. The molecular weight excluding hydrogens is 67.0 g/mol. The van der Waals surface area contributed by atoms with Crippen molar-refractivity contribution in [3.8, 4) is 0 Å². The molecule has 0 saturated heterocycles. The van der Waals surface area contributed by atoms with Gasteiger partial charge in [0, 0.05) is 0 Å². The normalized spacial score (nSPS) is 21.5. The van der Waals surface area contributed by atoms with Gasteiger partial charge in [0.25, 0.3) is 0 Å². The molecule has 1 heteroatoms. The Balaban J connectivity index is 2.60. The van der Waals surface area contributed by atoms with Crippen LogP contribution in [-0.4, -0.2) is 5.29 Å². The van der Waals surface area contributed by atoms with Crippen LogP contribution in [0.1, 0.15) is 12.8 Å². The van der Waals surface area contributed by atoms with Crippen LogP contribution in [0.25, 0.3) is 0 Å². The van der Waals surface area contributed by atoms with Gasteiger partial charge in [0.15, 0.2) is 0 Å². The van der Waals surface area contributed by atoms with Gasteiger partial charge < -0.3 is 0 Å². The topological polar surface area (TPSA) is 0 Å². The second-order valence-electron chi connectivity index (χ2n) is 1.10. The van der Waals surface area contributed by atoms with Crippen molar-refractivity contribution in [3.63, 3.8) is 0 Å². The fourth-order valence-corrected chi connectivity index (χ4v) is 0.187. The van der Waals surface area contributed by atoms with Crippen molar-refractivity contribution >= 4 is 14.2 Å². The van der Waals surface area contributed by atoms with Crippen molar-refractivity contribution in [3.05, 3.63) is 0 Å². The molecule has 4 heavy (non-hydrogen) atoms. The van der Waals surface area contributed by atoms with E-state index in [1.54, 1.807) is 0 Å². The first-order valence-electron chi connectivity index (χ1n) is 1.46. The lowest BCUT2D eigenvalue weighted by Gasteiger charge is -1.33. The Morgan fingerprint density at radius 3 is 1.75 bits per heavy atom. The molecule has 0 radical (unpaired) electrons. The molecule has 1 aliphatic rings. The van der Waals surface area contributed by atoms with Gasteiger partial charge in [0.1, 0.15) is 0 Å². The van der Waals surface area contributed by atoms with Crippen molar-refractivity contribution in [2.45, 2.75) is 12.8 Å². The molecule has 22 valence electrons. The van der Waals surface area contributed by atoms with E-state index in [9.17, 15) is 0 Å². The van der Waals surface area contributed by atoms with E-state index in [-0.39, 0.29) is 0 Å². The van der Waals surface area contributed by atoms with Gasteiger partial charge in [-0.1, -0.05) is 0 Å². The zero-order chi connectivity index (χ0) is 2.99. The average Bonchev–Trinajstić information content (AvgIpc) is 1.75. The molecule has 0 aromatic rings. The summed E-state index contributed by atoms with van der Waals surface area (Å²) in [5, 5.41) is 1.47. The molecule has 0 bridgehead atoms. The molecule has 0 unspecified atom stereocenters. The van der Waals surface area contributed by atoms with Gasteiger partial charge in [-0.3, -0.25) is 0 Å². The zero-order valence-electron chi connectivity index (χ0n) is 2.41. The lowest BCUT2D eigenvalue weighted by Crippen LogP contribution is -1.32. The van der Waals surface area contributed by atoms with Crippen molar-refractivity contribution in [1.29, 1.82) is 0 Å². The summed E-state index contributed by atoms with van der Waals surface area (Å²) in [6.07, 6.45) is 2.63. The van der Waals surface area contributed by atoms with Gasteiger partial charge in [0.2, 0.25) is 0 Å². The summed E-state index contributed by atoms with van der Waals surface area (Å²) in [6.45, 7) is 0. The maximum Gasteiger partial charge on any atom is -0.0239 e. The molecule has 0 aromatic carbocycles. The van der Waals surface area contributed by atoms with E-state index >= 15 is 0 Å². The lowest BCUT2D eigenvalue weighted by molar-refractivity contribution is 1.50. The highest BCUT2D eigenvalue weighted by atomic mass is 31.0. The summed E-state index contributed by atoms with van der Waals surface area (Å²) < 4.78 is 0. The Bertz CT molecular complexity index is 41.2. The van der Waals surface area contributed by atoms with E-state index in [0.717, 1.165) is 0 Å². The van der Waals surface area contributed by atoms with Crippen LogP contribution in [0.3, 0.4) is 0 Å². The van der Waals surface area contributed by atoms with Gasteiger partial charge in [-0.2, -0.15) is 0 Å². The second-order valence-corrected chi connectivity index (χ2v) is 1.81. The van der Waals surface area contributed by atoms with Gasteiger partial charge in [-0.25, -0.2) is 0 Å². The smallest absolute Gasteiger partial charge is 0.0239 e. The predicted molar refractivity (Wildman–Crippen MR) is 22.6 cm³/mol. The molecule has 1 rings (SSSR count). The molecule has 1 aliphatic carbocycles. The Morgan fingerprint density at radius 2 is 1.75 bits per heavy atom. The zero-order valence-corrected chi connectivity index (χ0v) is 3.41. The summed E-state index contributed by atoms with van der Waals surface area (Å²) in [5.74, 6) is 0. The van der Waals surface area contributed by atoms with Crippen LogP contribution in [-0.2, 0) is 0 Å². The molecule has 0 heterocycles. The summed E-state index contributed by atoms with van der Waals surface area (Å²) in [7, 11) is 3.34. The average molecular weight is 72.0 g/mol. The van der Waals surface area contributed by atoms with Crippen LogP contribution < -0.4 is 0 Å². The SMILES string of the molecule is P=C1CC1. The monoisotopic (exact) mass is 72.0 g/mol. The van der Waals surface area contributed by atoms with Gasteiger partial charge in [-0.05, 0) is 18.1 Å². The number of hydrogen-bond acceptors (Lipinski definition) is 0. The number of hydrogen-bond donors (Lipinski definition) is 0. The Kier molecular flexibility index (Phi) is 0.336. The quantitative estimate of drug-likeness (QED) is 0.376. The van der Waals surface area contributed by atoms with E-state index in [2.05, 4.69) is 8.86 Å². The van der Waals surface area contributed by atoms with Crippen molar-refractivity contribution < 1.29 is 0 Å². The summed E-state index contributed by atoms with van der Waals surface area (Å²) in [4.78, 5) is 0.